The molecule has 10 heteroatoms. The van der Waals surface area contributed by atoms with E-state index in [-0.39, 0.29) is 11.0 Å². The van der Waals surface area contributed by atoms with Crippen LogP contribution in [0.15, 0.2) is 51.4 Å². The third-order valence-corrected chi connectivity index (χ3v) is 5.22. The van der Waals surface area contributed by atoms with Gasteiger partial charge in [0.15, 0.2) is 0 Å². The molecule has 1 aromatic carbocycles. The average molecular weight is 372 g/mol. The first-order valence-corrected chi connectivity index (χ1v) is 9.08. The number of nitrogens with zero attached hydrogens (tertiary/aromatic N) is 6. The van der Waals surface area contributed by atoms with Crippen molar-refractivity contribution in [3.8, 4) is 22.2 Å². The largest absolute Gasteiger partial charge is 0.508 e. The third-order valence-electron chi connectivity index (χ3n) is 3.34. The van der Waals surface area contributed by atoms with E-state index < -0.39 is 0 Å². The monoisotopic (exact) mass is 372 g/mol. The number of benzene rings is 1. The molecule has 0 aliphatic carbocycles. The second-order valence-corrected chi connectivity index (χ2v) is 7.33. The maximum atomic E-state index is 9.41. The van der Waals surface area contributed by atoms with Gasteiger partial charge < -0.3 is 9.52 Å². The summed E-state index contributed by atoms with van der Waals surface area (Å²) in [6.45, 7) is 1.95. The van der Waals surface area contributed by atoms with Crippen LogP contribution < -0.4 is 0 Å². The van der Waals surface area contributed by atoms with Crippen LogP contribution in [0, 0.1) is 0 Å². The van der Waals surface area contributed by atoms with Crippen LogP contribution in [0.5, 0.6) is 5.75 Å². The van der Waals surface area contributed by atoms with Crippen LogP contribution in [0.25, 0.3) is 16.5 Å². The number of phenolic OH excluding ortho intramolecular Hbond substituents is 1. The Morgan fingerprint density at radius 3 is 2.76 bits per heavy atom. The van der Waals surface area contributed by atoms with Crippen LogP contribution in [0.1, 0.15) is 18.1 Å². The first kappa shape index (κ1) is 15.8. The molecule has 3 heterocycles. The summed E-state index contributed by atoms with van der Waals surface area (Å²) in [5, 5.41) is 31.8. The van der Waals surface area contributed by atoms with Crippen molar-refractivity contribution in [2.45, 2.75) is 17.3 Å². The molecule has 0 aliphatic rings. The molecule has 25 heavy (non-hydrogen) atoms. The molecule has 0 fully saturated rings. The van der Waals surface area contributed by atoms with Crippen molar-refractivity contribution in [2.75, 3.05) is 0 Å². The van der Waals surface area contributed by atoms with E-state index in [0.29, 0.717) is 16.9 Å². The topological polar surface area (TPSA) is 103 Å². The summed E-state index contributed by atoms with van der Waals surface area (Å²) in [7, 11) is 0. The number of hydrogen-bond donors (Lipinski definition) is 1. The van der Waals surface area contributed by atoms with Crippen LogP contribution in [0.4, 0.5) is 0 Å². The molecule has 0 amide bonds. The highest BCUT2D eigenvalue weighted by atomic mass is 32.2. The molecule has 4 aromatic rings. The number of aromatic nitrogens is 6. The van der Waals surface area contributed by atoms with Gasteiger partial charge in [-0.05, 0) is 53.1 Å². The highest BCUT2D eigenvalue weighted by Crippen LogP contribution is 2.35. The van der Waals surface area contributed by atoms with Gasteiger partial charge in [0.2, 0.25) is 11.0 Å². The van der Waals surface area contributed by atoms with Crippen molar-refractivity contribution in [3.63, 3.8) is 0 Å². The fourth-order valence-corrected chi connectivity index (χ4v) is 3.60. The predicted octanol–water partition coefficient (Wildman–Crippen LogP) is 3.33. The van der Waals surface area contributed by atoms with Crippen LogP contribution in [0.2, 0.25) is 0 Å². The number of phenols is 1. The third kappa shape index (κ3) is 3.26. The smallest absolute Gasteiger partial charge is 0.257 e. The maximum Gasteiger partial charge on any atom is 0.257 e. The van der Waals surface area contributed by atoms with Gasteiger partial charge in [-0.15, -0.1) is 26.6 Å². The Morgan fingerprint density at radius 1 is 1.16 bits per heavy atom. The van der Waals surface area contributed by atoms with E-state index in [1.807, 2.05) is 24.4 Å². The summed E-state index contributed by atoms with van der Waals surface area (Å²) >= 11 is 2.96. The summed E-state index contributed by atoms with van der Waals surface area (Å²) < 4.78 is 7.35. The quantitative estimate of drug-likeness (QED) is 0.532. The van der Waals surface area contributed by atoms with Gasteiger partial charge in [-0.2, -0.15) is 4.68 Å². The Bertz CT molecular complexity index is 964. The van der Waals surface area contributed by atoms with Crippen LogP contribution >= 0.6 is 23.1 Å². The fraction of sp³-hybridized carbons (Fsp3) is 0.133. The lowest BCUT2D eigenvalue weighted by Gasteiger charge is -2.07. The van der Waals surface area contributed by atoms with E-state index in [2.05, 4.69) is 25.7 Å². The normalized spacial score (nSPS) is 12.4. The molecule has 4 rings (SSSR count). The number of thiophene rings is 1. The molecular weight excluding hydrogens is 360 g/mol. The highest BCUT2D eigenvalue weighted by Gasteiger charge is 2.20. The summed E-state index contributed by atoms with van der Waals surface area (Å²) in [5.41, 5.74) is 0.752. The lowest BCUT2D eigenvalue weighted by molar-refractivity contribution is 0.475. The zero-order valence-corrected chi connectivity index (χ0v) is 14.6. The molecule has 0 aliphatic heterocycles. The van der Waals surface area contributed by atoms with Crippen LogP contribution in [0.3, 0.4) is 0 Å². The number of hydrogen-bond acceptors (Lipinski definition) is 9. The summed E-state index contributed by atoms with van der Waals surface area (Å²) in [4.78, 5) is 0.935. The molecule has 8 nitrogen and oxygen atoms in total. The van der Waals surface area contributed by atoms with E-state index in [1.54, 1.807) is 40.3 Å². The number of aromatic hydroxyl groups is 1. The van der Waals surface area contributed by atoms with Crippen molar-refractivity contribution in [1.82, 2.24) is 30.4 Å². The Kier molecular flexibility index (Phi) is 4.20. The van der Waals surface area contributed by atoms with Gasteiger partial charge >= 0.3 is 0 Å². The van der Waals surface area contributed by atoms with Crippen molar-refractivity contribution >= 4 is 23.1 Å². The second kappa shape index (κ2) is 6.65. The molecule has 0 bridgehead atoms. The van der Waals surface area contributed by atoms with Crippen LogP contribution in [-0.2, 0) is 0 Å². The lowest BCUT2D eigenvalue weighted by Crippen LogP contribution is -2.00. The first-order valence-electron chi connectivity index (χ1n) is 7.32. The number of thioether (sulfide) groups is 1. The van der Waals surface area contributed by atoms with Crippen molar-refractivity contribution in [3.05, 3.63) is 47.7 Å². The zero-order valence-electron chi connectivity index (χ0n) is 13.0. The summed E-state index contributed by atoms with van der Waals surface area (Å²) in [6.07, 6.45) is 0. The molecule has 0 saturated heterocycles. The molecule has 1 atom stereocenters. The van der Waals surface area contributed by atoms with Gasteiger partial charge in [0.1, 0.15) is 5.75 Å². The van der Waals surface area contributed by atoms with Crippen molar-refractivity contribution in [2.24, 2.45) is 0 Å². The molecule has 1 N–H and O–H groups in total. The van der Waals surface area contributed by atoms with E-state index >= 15 is 0 Å². The van der Waals surface area contributed by atoms with Crippen LogP contribution in [-0.4, -0.2) is 35.5 Å². The highest BCUT2D eigenvalue weighted by molar-refractivity contribution is 7.99. The van der Waals surface area contributed by atoms with Crippen molar-refractivity contribution < 1.29 is 9.52 Å². The fourth-order valence-electron chi connectivity index (χ4n) is 2.12. The maximum absolute atomic E-state index is 9.41. The Hall–Kier alpha value is -2.72. The average Bonchev–Trinajstić information content (AvgIpc) is 3.36. The minimum absolute atomic E-state index is 0.122. The second-order valence-electron chi connectivity index (χ2n) is 5.07. The molecule has 126 valence electrons. The molecule has 0 spiro atoms. The number of tetrazole rings is 1. The van der Waals surface area contributed by atoms with E-state index in [4.69, 9.17) is 4.42 Å². The Morgan fingerprint density at radius 2 is 2.00 bits per heavy atom. The van der Waals surface area contributed by atoms with Gasteiger partial charge in [-0.1, -0.05) is 17.8 Å². The van der Waals surface area contributed by atoms with Gasteiger partial charge in [0.05, 0.1) is 15.8 Å². The number of rotatable bonds is 5. The summed E-state index contributed by atoms with van der Waals surface area (Å²) in [6, 6.07) is 10.5. The van der Waals surface area contributed by atoms with Gasteiger partial charge in [-0.25, -0.2) is 0 Å². The van der Waals surface area contributed by atoms with Gasteiger partial charge in [0.25, 0.3) is 5.89 Å². The summed E-state index contributed by atoms with van der Waals surface area (Å²) in [5.74, 6) is 1.20. The zero-order chi connectivity index (χ0) is 17.2. The molecular formula is C15H12N6O2S2. The van der Waals surface area contributed by atoms with Crippen molar-refractivity contribution in [1.29, 1.82) is 0 Å². The standard InChI is InChI=1S/C15H12N6O2S2/c1-9(13-16-17-14(23-13)12-3-2-8-24-12)25-15-18-19-20-21(15)10-4-6-11(22)7-5-10/h2-9,22H,1H3/t9-/m0/s1. The first-order chi connectivity index (χ1) is 12.2. The lowest BCUT2D eigenvalue weighted by atomic mass is 10.3. The SMILES string of the molecule is C[C@H](Sc1nnnn1-c1ccc(O)cc1)c1nnc(-c2cccs2)o1. The molecule has 0 radical (unpaired) electrons. The minimum atomic E-state index is -0.122. The van der Waals surface area contributed by atoms with Gasteiger partial charge in [-0.3, -0.25) is 0 Å². The minimum Gasteiger partial charge on any atom is -0.508 e. The molecule has 3 aromatic heterocycles. The van der Waals surface area contributed by atoms with E-state index in [1.165, 1.54) is 11.8 Å². The Balaban J connectivity index is 1.55. The van der Waals surface area contributed by atoms with Gasteiger partial charge in [0, 0.05) is 0 Å². The van der Waals surface area contributed by atoms with E-state index in [9.17, 15) is 5.11 Å². The predicted molar refractivity (Wildman–Crippen MR) is 92.7 cm³/mol. The van der Waals surface area contributed by atoms with E-state index in [0.717, 1.165) is 10.6 Å². The Labute approximate surface area is 150 Å². The molecule has 0 saturated carbocycles. The molecule has 0 unspecified atom stereocenters.